The molecule has 0 aliphatic rings. The van der Waals surface area contributed by atoms with Crippen LogP contribution in [0.15, 0.2) is 0 Å². The zero-order chi connectivity index (χ0) is 13.1. The van der Waals surface area contributed by atoms with Crippen LogP contribution >= 0.6 is 0 Å². The van der Waals surface area contributed by atoms with E-state index in [1.54, 1.807) is 0 Å². The molecule has 0 radical (unpaired) electrons. The molecule has 1 atom stereocenters. The van der Waals surface area contributed by atoms with Crippen LogP contribution in [0.5, 0.6) is 0 Å². The molecule has 0 aromatic carbocycles. The summed E-state index contributed by atoms with van der Waals surface area (Å²) >= 11 is 0. The zero-order valence-electron chi connectivity index (χ0n) is 9.64. The van der Waals surface area contributed by atoms with E-state index in [0.717, 1.165) is 21.0 Å². The highest BCUT2D eigenvalue weighted by Gasteiger charge is 2.50. The second kappa shape index (κ2) is 4.63. The van der Waals surface area contributed by atoms with Gasteiger partial charge in [0.15, 0.2) is 0 Å². The monoisotopic (exact) mass is 238 g/mol. The van der Waals surface area contributed by atoms with Gasteiger partial charge in [0.1, 0.15) is 6.04 Å². The van der Waals surface area contributed by atoms with Gasteiger partial charge in [0.25, 0.3) is 5.92 Å². The molecule has 16 heavy (non-hydrogen) atoms. The van der Waals surface area contributed by atoms with E-state index in [-0.39, 0.29) is 0 Å². The lowest BCUT2D eigenvalue weighted by molar-refractivity contribution is -0.138. The molecule has 2 amide bonds. The second-order valence-corrected chi connectivity index (χ2v) is 4.08. The van der Waals surface area contributed by atoms with Crippen LogP contribution < -0.4 is 11.1 Å². The molecule has 0 aliphatic heterocycles. The summed E-state index contributed by atoms with van der Waals surface area (Å²) in [5.74, 6) is -4.23. The number of hydrogen-bond donors (Lipinski definition) is 2. The van der Waals surface area contributed by atoms with E-state index in [4.69, 9.17) is 5.73 Å². The van der Waals surface area contributed by atoms with Crippen LogP contribution in [0.4, 0.5) is 13.6 Å². The number of nitrogens with two attached hydrogens (primary N) is 1. The molecule has 94 valence electrons. The highest BCUT2D eigenvalue weighted by molar-refractivity contribution is 5.85. The lowest BCUT2D eigenvalue weighted by Crippen LogP contribution is -2.58. The molecule has 0 spiro atoms. The molecule has 0 saturated heterocycles. The summed E-state index contributed by atoms with van der Waals surface area (Å²) in [5.41, 5.74) is 3.17. The summed E-state index contributed by atoms with van der Waals surface area (Å²) in [6.07, 6.45) is -0.985. The Bertz CT molecular complexity index is 287. The third-order valence-corrected chi connectivity index (χ3v) is 2.59. The number of amides is 2. The minimum atomic E-state index is -3.19. The first-order valence-corrected chi connectivity index (χ1v) is 4.55. The number of carbonyl (C=O) groups excluding carboxylic acids is 2. The van der Waals surface area contributed by atoms with Gasteiger partial charge in [0.05, 0.1) is 12.5 Å². The van der Waals surface area contributed by atoms with Crippen molar-refractivity contribution < 1.29 is 23.1 Å². The van der Waals surface area contributed by atoms with Gasteiger partial charge < -0.3 is 15.8 Å². The molecule has 0 aromatic rings. The normalized spacial score (nSPS) is 14.1. The lowest BCUT2D eigenvalue weighted by atomic mass is 9.78. The van der Waals surface area contributed by atoms with Gasteiger partial charge in [-0.2, -0.15) is 0 Å². The molecule has 0 aliphatic carbocycles. The Morgan fingerprint density at radius 3 is 2.00 bits per heavy atom. The van der Waals surface area contributed by atoms with Crippen LogP contribution in [-0.4, -0.2) is 31.1 Å². The molecule has 0 saturated carbocycles. The smallest absolute Gasteiger partial charge is 0.407 e. The maximum absolute atomic E-state index is 13.3. The number of ether oxygens (including phenoxy) is 1. The number of halogens is 2. The molecule has 0 bridgehead atoms. The Hall–Kier alpha value is -1.40. The molecule has 3 N–H and O–H groups in total. The maximum atomic E-state index is 13.3. The SMILES string of the molecule is COC(=O)N[C@H](C(N)=O)C(C)(C)C(C)(F)F. The van der Waals surface area contributed by atoms with Gasteiger partial charge in [0, 0.05) is 0 Å². The number of carbonyl (C=O) groups is 2. The summed E-state index contributed by atoms with van der Waals surface area (Å²) < 4.78 is 30.8. The number of methoxy groups -OCH3 is 1. The first-order chi connectivity index (χ1) is 7.04. The Kier molecular flexibility index (Phi) is 4.22. The van der Waals surface area contributed by atoms with E-state index in [0.29, 0.717) is 6.92 Å². The summed E-state index contributed by atoms with van der Waals surface area (Å²) in [5, 5.41) is 2.00. The van der Waals surface area contributed by atoms with Gasteiger partial charge in [-0.25, -0.2) is 13.6 Å². The first kappa shape index (κ1) is 14.6. The number of alkyl halides is 2. The quantitative estimate of drug-likeness (QED) is 0.762. The van der Waals surface area contributed by atoms with Gasteiger partial charge in [-0.3, -0.25) is 4.79 Å². The summed E-state index contributed by atoms with van der Waals surface area (Å²) in [6, 6.07) is -1.51. The Balaban J connectivity index is 5.07. The van der Waals surface area contributed by atoms with Crippen LogP contribution in [-0.2, 0) is 9.53 Å². The van der Waals surface area contributed by atoms with Crippen LogP contribution in [0.1, 0.15) is 20.8 Å². The van der Waals surface area contributed by atoms with Crippen molar-refractivity contribution in [2.75, 3.05) is 7.11 Å². The van der Waals surface area contributed by atoms with Crippen molar-refractivity contribution in [3.05, 3.63) is 0 Å². The predicted octanol–water partition coefficient (Wildman–Crippen LogP) is 0.878. The van der Waals surface area contributed by atoms with E-state index in [2.05, 4.69) is 4.74 Å². The van der Waals surface area contributed by atoms with Crippen LogP contribution in [0, 0.1) is 5.41 Å². The number of primary amides is 1. The molecule has 0 rings (SSSR count). The van der Waals surface area contributed by atoms with Crippen molar-refractivity contribution in [2.45, 2.75) is 32.7 Å². The predicted molar refractivity (Wildman–Crippen MR) is 52.9 cm³/mol. The maximum Gasteiger partial charge on any atom is 0.407 e. The molecule has 5 nitrogen and oxygen atoms in total. The van der Waals surface area contributed by atoms with Crippen molar-refractivity contribution >= 4 is 12.0 Å². The number of hydrogen-bond acceptors (Lipinski definition) is 3. The fourth-order valence-corrected chi connectivity index (χ4v) is 1.04. The molecule has 0 unspecified atom stereocenters. The van der Waals surface area contributed by atoms with E-state index >= 15 is 0 Å². The van der Waals surface area contributed by atoms with E-state index < -0.39 is 29.4 Å². The van der Waals surface area contributed by atoms with Crippen molar-refractivity contribution in [2.24, 2.45) is 11.1 Å². The summed E-state index contributed by atoms with van der Waals surface area (Å²) in [4.78, 5) is 22.0. The van der Waals surface area contributed by atoms with Gasteiger partial charge in [-0.1, -0.05) is 13.8 Å². The van der Waals surface area contributed by atoms with Gasteiger partial charge in [-0.05, 0) is 6.92 Å². The summed E-state index contributed by atoms with van der Waals surface area (Å²) in [6.45, 7) is 2.93. The van der Waals surface area contributed by atoms with Crippen molar-refractivity contribution in [1.29, 1.82) is 0 Å². The Morgan fingerprint density at radius 2 is 1.75 bits per heavy atom. The minimum Gasteiger partial charge on any atom is -0.453 e. The van der Waals surface area contributed by atoms with Crippen LogP contribution in [0.2, 0.25) is 0 Å². The Morgan fingerprint density at radius 1 is 1.31 bits per heavy atom. The molecule has 0 heterocycles. The van der Waals surface area contributed by atoms with Gasteiger partial charge >= 0.3 is 6.09 Å². The van der Waals surface area contributed by atoms with Crippen LogP contribution in [0.25, 0.3) is 0 Å². The fraction of sp³-hybridized carbons (Fsp3) is 0.778. The molecule has 0 fully saturated rings. The average Bonchev–Trinajstić information content (AvgIpc) is 2.10. The largest absolute Gasteiger partial charge is 0.453 e. The van der Waals surface area contributed by atoms with Gasteiger partial charge in [-0.15, -0.1) is 0 Å². The number of alkyl carbamates (subject to hydrolysis) is 1. The van der Waals surface area contributed by atoms with E-state index in [1.165, 1.54) is 0 Å². The van der Waals surface area contributed by atoms with Crippen LogP contribution in [0.3, 0.4) is 0 Å². The third kappa shape index (κ3) is 3.04. The third-order valence-electron chi connectivity index (χ3n) is 2.59. The fourth-order valence-electron chi connectivity index (χ4n) is 1.04. The Labute approximate surface area is 92.3 Å². The molecule has 0 aromatic heterocycles. The first-order valence-electron chi connectivity index (χ1n) is 4.55. The number of rotatable bonds is 4. The standard InChI is InChI=1S/C9H16F2N2O3/c1-8(2,9(3,10)11)5(6(12)14)13-7(15)16-4/h5H,1-4H3,(H2,12,14)(H,13,15)/t5-/m1/s1. The lowest BCUT2D eigenvalue weighted by Gasteiger charge is -2.36. The zero-order valence-corrected chi connectivity index (χ0v) is 9.64. The van der Waals surface area contributed by atoms with Crippen molar-refractivity contribution in [1.82, 2.24) is 5.32 Å². The summed E-state index contributed by atoms with van der Waals surface area (Å²) in [7, 11) is 1.06. The topological polar surface area (TPSA) is 81.4 Å². The highest BCUT2D eigenvalue weighted by atomic mass is 19.3. The number of nitrogens with one attached hydrogen (secondary N) is 1. The second-order valence-electron chi connectivity index (χ2n) is 4.08. The highest BCUT2D eigenvalue weighted by Crippen LogP contribution is 2.38. The van der Waals surface area contributed by atoms with E-state index in [9.17, 15) is 18.4 Å². The minimum absolute atomic E-state index is 0.655. The molecular formula is C9H16F2N2O3. The van der Waals surface area contributed by atoms with E-state index in [1.807, 2.05) is 5.32 Å². The molecule has 7 heteroatoms. The van der Waals surface area contributed by atoms with Crippen molar-refractivity contribution in [3.8, 4) is 0 Å². The average molecular weight is 238 g/mol. The van der Waals surface area contributed by atoms with Crippen molar-refractivity contribution in [3.63, 3.8) is 0 Å². The van der Waals surface area contributed by atoms with Gasteiger partial charge in [0.2, 0.25) is 5.91 Å². The molecular weight excluding hydrogens is 222 g/mol.